The van der Waals surface area contributed by atoms with Crippen LogP contribution in [0.1, 0.15) is 53.4 Å². The van der Waals surface area contributed by atoms with Gasteiger partial charge in [-0.15, -0.1) is 0 Å². The summed E-state index contributed by atoms with van der Waals surface area (Å²) in [5, 5.41) is 3.49. The van der Waals surface area contributed by atoms with Crippen molar-refractivity contribution in [1.82, 2.24) is 5.32 Å². The van der Waals surface area contributed by atoms with E-state index in [1.807, 2.05) is 0 Å². The van der Waals surface area contributed by atoms with Crippen molar-refractivity contribution in [2.75, 3.05) is 26.3 Å². The third-order valence-corrected chi connectivity index (χ3v) is 2.95. The van der Waals surface area contributed by atoms with Crippen LogP contribution in [0.5, 0.6) is 0 Å². The molecular formula is C14H31NO. The Balaban J connectivity index is 3.33. The van der Waals surface area contributed by atoms with Crippen molar-refractivity contribution in [2.24, 2.45) is 11.8 Å². The fourth-order valence-electron chi connectivity index (χ4n) is 1.60. The summed E-state index contributed by atoms with van der Waals surface area (Å²) in [7, 11) is 0. The SMILES string of the molecule is CCCNCC(CC)CCOCCC(C)C. The van der Waals surface area contributed by atoms with Gasteiger partial charge in [-0.25, -0.2) is 0 Å². The molecule has 0 heterocycles. The van der Waals surface area contributed by atoms with Crippen molar-refractivity contribution in [1.29, 1.82) is 0 Å². The van der Waals surface area contributed by atoms with Gasteiger partial charge in [0, 0.05) is 13.2 Å². The van der Waals surface area contributed by atoms with Crippen molar-refractivity contribution >= 4 is 0 Å². The topological polar surface area (TPSA) is 21.3 Å². The molecule has 2 heteroatoms. The maximum absolute atomic E-state index is 5.66. The van der Waals surface area contributed by atoms with E-state index in [0.717, 1.165) is 38.1 Å². The Morgan fingerprint density at radius 1 is 1.06 bits per heavy atom. The lowest BCUT2D eigenvalue weighted by Crippen LogP contribution is -2.24. The molecule has 1 atom stereocenters. The van der Waals surface area contributed by atoms with Gasteiger partial charge in [-0.3, -0.25) is 0 Å². The Hall–Kier alpha value is -0.0800. The first-order valence-corrected chi connectivity index (χ1v) is 6.99. The molecule has 1 N–H and O–H groups in total. The lowest BCUT2D eigenvalue weighted by Gasteiger charge is -2.15. The van der Waals surface area contributed by atoms with Crippen molar-refractivity contribution < 1.29 is 4.74 Å². The molecule has 0 aromatic rings. The maximum atomic E-state index is 5.66. The molecule has 0 aliphatic heterocycles. The van der Waals surface area contributed by atoms with E-state index in [1.54, 1.807) is 0 Å². The molecule has 0 bridgehead atoms. The monoisotopic (exact) mass is 229 g/mol. The minimum atomic E-state index is 0.758. The molecule has 0 radical (unpaired) electrons. The minimum Gasteiger partial charge on any atom is -0.381 e. The van der Waals surface area contributed by atoms with E-state index in [1.165, 1.54) is 25.7 Å². The third kappa shape index (κ3) is 10.4. The highest BCUT2D eigenvalue weighted by molar-refractivity contribution is 4.60. The zero-order chi connectivity index (χ0) is 12.2. The zero-order valence-electron chi connectivity index (χ0n) is 11.7. The first-order valence-electron chi connectivity index (χ1n) is 6.99. The highest BCUT2D eigenvalue weighted by Crippen LogP contribution is 2.07. The average molecular weight is 229 g/mol. The standard InChI is InChI=1S/C14H31NO/c1-5-9-15-12-14(6-2)8-11-16-10-7-13(3)4/h13-15H,5-12H2,1-4H3. The third-order valence-electron chi connectivity index (χ3n) is 2.95. The second-order valence-electron chi connectivity index (χ2n) is 5.06. The second kappa shape index (κ2) is 11.4. The molecule has 0 spiro atoms. The summed E-state index contributed by atoms with van der Waals surface area (Å²) in [5.41, 5.74) is 0. The first kappa shape index (κ1) is 15.9. The number of rotatable bonds is 11. The fourth-order valence-corrected chi connectivity index (χ4v) is 1.60. The molecule has 2 nitrogen and oxygen atoms in total. The Kier molecular flexibility index (Phi) is 11.3. The Bertz CT molecular complexity index is 137. The summed E-state index contributed by atoms with van der Waals surface area (Å²) in [4.78, 5) is 0. The molecule has 98 valence electrons. The van der Waals surface area contributed by atoms with Gasteiger partial charge in [0.1, 0.15) is 0 Å². The first-order chi connectivity index (χ1) is 7.70. The molecule has 1 unspecified atom stereocenters. The number of nitrogens with one attached hydrogen (secondary N) is 1. The van der Waals surface area contributed by atoms with E-state index < -0.39 is 0 Å². The molecule has 16 heavy (non-hydrogen) atoms. The van der Waals surface area contributed by atoms with Crippen molar-refractivity contribution in [3.05, 3.63) is 0 Å². The predicted octanol–water partition coefficient (Wildman–Crippen LogP) is 3.47. The number of hydrogen-bond donors (Lipinski definition) is 1. The normalized spacial score (nSPS) is 13.3. The lowest BCUT2D eigenvalue weighted by atomic mass is 10.0. The highest BCUT2D eigenvalue weighted by Gasteiger charge is 2.05. The molecule has 0 aliphatic carbocycles. The molecule has 0 fully saturated rings. The Labute approximate surface area is 102 Å². The smallest absolute Gasteiger partial charge is 0.0469 e. The quantitative estimate of drug-likeness (QED) is 0.548. The van der Waals surface area contributed by atoms with Crippen LogP contribution in [0.4, 0.5) is 0 Å². The van der Waals surface area contributed by atoms with Gasteiger partial charge in [-0.05, 0) is 44.2 Å². The van der Waals surface area contributed by atoms with Gasteiger partial charge in [0.05, 0.1) is 0 Å². The minimum absolute atomic E-state index is 0.758. The Morgan fingerprint density at radius 3 is 2.31 bits per heavy atom. The number of hydrogen-bond acceptors (Lipinski definition) is 2. The van der Waals surface area contributed by atoms with Crippen LogP contribution in [-0.2, 0) is 4.74 Å². The van der Waals surface area contributed by atoms with Crippen LogP contribution < -0.4 is 5.32 Å². The molecular weight excluding hydrogens is 198 g/mol. The molecule has 0 amide bonds. The van der Waals surface area contributed by atoms with Crippen LogP contribution in [0.15, 0.2) is 0 Å². The van der Waals surface area contributed by atoms with E-state index in [0.29, 0.717) is 0 Å². The van der Waals surface area contributed by atoms with Crippen molar-refractivity contribution in [3.63, 3.8) is 0 Å². The van der Waals surface area contributed by atoms with Crippen molar-refractivity contribution in [2.45, 2.75) is 53.4 Å². The van der Waals surface area contributed by atoms with E-state index in [9.17, 15) is 0 Å². The molecule has 0 aliphatic rings. The van der Waals surface area contributed by atoms with Crippen LogP contribution in [0.2, 0.25) is 0 Å². The highest BCUT2D eigenvalue weighted by atomic mass is 16.5. The summed E-state index contributed by atoms with van der Waals surface area (Å²) in [6.07, 6.45) is 4.86. The molecule has 0 aromatic heterocycles. The van der Waals surface area contributed by atoms with Crippen LogP contribution in [0, 0.1) is 11.8 Å². The van der Waals surface area contributed by atoms with Gasteiger partial charge in [0.25, 0.3) is 0 Å². The van der Waals surface area contributed by atoms with E-state index in [4.69, 9.17) is 4.74 Å². The molecule has 0 saturated heterocycles. The summed E-state index contributed by atoms with van der Waals surface area (Å²) in [5.74, 6) is 1.54. The summed E-state index contributed by atoms with van der Waals surface area (Å²) in [6, 6.07) is 0. The number of ether oxygens (including phenoxy) is 1. The van der Waals surface area contributed by atoms with Crippen LogP contribution in [-0.4, -0.2) is 26.3 Å². The van der Waals surface area contributed by atoms with Crippen LogP contribution in [0.3, 0.4) is 0 Å². The van der Waals surface area contributed by atoms with E-state index >= 15 is 0 Å². The lowest BCUT2D eigenvalue weighted by molar-refractivity contribution is 0.110. The molecule has 0 aromatic carbocycles. The van der Waals surface area contributed by atoms with E-state index in [2.05, 4.69) is 33.0 Å². The fraction of sp³-hybridized carbons (Fsp3) is 1.00. The predicted molar refractivity (Wildman–Crippen MR) is 71.8 cm³/mol. The average Bonchev–Trinajstić information content (AvgIpc) is 2.26. The zero-order valence-corrected chi connectivity index (χ0v) is 11.7. The largest absolute Gasteiger partial charge is 0.381 e. The van der Waals surface area contributed by atoms with Gasteiger partial charge in [-0.2, -0.15) is 0 Å². The Morgan fingerprint density at radius 2 is 1.75 bits per heavy atom. The molecule has 0 rings (SSSR count). The van der Waals surface area contributed by atoms with E-state index in [-0.39, 0.29) is 0 Å². The van der Waals surface area contributed by atoms with Crippen molar-refractivity contribution in [3.8, 4) is 0 Å². The molecule has 0 saturated carbocycles. The maximum Gasteiger partial charge on any atom is 0.0469 e. The summed E-state index contributed by atoms with van der Waals surface area (Å²) < 4.78 is 5.66. The van der Waals surface area contributed by atoms with Crippen LogP contribution >= 0.6 is 0 Å². The summed E-state index contributed by atoms with van der Waals surface area (Å²) in [6.45, 7) is 13.1. The van der Waals surface area contributed by atoms with Gasteiger partial charge in [0.2, 0.25) is 0 Å². The van der Waals surface area contributed by atoms with Gasteiger partial charge >= 0.3 is 0 Å². The van der Waals surface area contributed by atoms with Gasteiger partial charge in [0.15, 0.2) is 0 Å². The van der Waals surface area contributed by atoms with Crippen LogP contribution in [0.25, 0.3) is 0 Å². The van der Waals surface area contributed by atoms with Gasteiger partial charge < -0.3 is 10.1 Å². The van der Waals surface area contributed by atoms with Gasteiger partial charge in [-0.1, -0.05) is 34.1 Å². The second-order valence-corrected chi connectivity index (χ2v) is 5.06. The summed E-state index contributed by atoms with van der Waals surface area (Å²) >= 11 is 0.